The maximum atomic E-state index is 5.95. The van der Waals surface area contributed by atoms with Crippen LogP contribution in [0.25, 0.3) is 11.2 Å². The Kier molecular flexibility index (Phi) is 2.18. The standard InChI is InChI=1S/C12H14ClN3/c1-7(2)16-11(8-3-4-8)14-9-5-6-10(13)15-12(9)16/h5-8H,3-4H2,1-2H3. The summed E-state index contributed by atoms with van der Waals surface area (Å²) in [6.07, 6.45) is 2.51. The molecular weight excluding hydrogens is 222 g/mol. The third-order valence-electron chi connectivity index (χ3n) is 2.99. The zero-order valence-electron chi connectivity index (χ0n) is 9.44. The van der Waals surface area contributed by atoms with Gasteiger partial charge in [0.1, 0.15) is 16.5 Å². The van der Waals surface area contributed by atoms with Crippen LogP contribution in [0.5, 0.6) is 0 Å². The predicted octanol–water partition coefficient (Wildman–Crippen LogP) is 3.54. The number of hydrogen-bond acceptors (Lipinski definition) is 2. The Morgan fingerprint density at radius 2 is 2.06 bits per heavy atom. The van der Waals surface area contributed by atoms with Crippen molar-refractivity contribution in [2.24, 2.45) is 0 Å². The van der Waals surface area contributed by atoms with E-state index in [1.807, 2.05) is 6.07 Å². The van der Waals surface area contributed by atoms with E-state index in [4.69, 9.17) is 11.6 Å². The summed E-state index contributed by atoms with van der Waals surface area (Å²) in [4.78, 5) is 9.07. The second kappa shape index (κ2) is 3.45. The normalized spacial score (nSPS) is 16.2. The van der Waals surface area contributed by atoms with Crippen molar-refractivity contribution in [3.05, 3.63) is 23.1 Å². The predicted molar refractivity (Wildman–Crippen MR) is 64.9 cm³/mol. The van der Waals surface area contributed by atoms with Crippen molar-refractivity contribution in [3.8, 4) is 0 Å². The summed E-state index contributed by atoms with van der Waals surface area (Å²) in [5, 5.41) is 0.539. The van der Waals surface area contributed by atoms with E-state index in [-0.39, 0.29) is 0 Å². The summed E-state index contributed by atoms with van der Waals surface area (Å²) >= 11 is 5.95. The lowest BCUT2D eigenvalue weighted by Crippen LogP contribution is -2.06. The smallest absolute Gasteiger partial charge is 0.161 e. The van der Waals surface area contributed by atoms with Crippen molar-refractivity contribution in [2.45, 2.75) is 38.6 Å². The second-order valence-corrected chi connectivity index (χ2v) is 5.07. The molecule has 1 saturated carbocycles. The highest BCUT2D eigenvalue weighted by molar-refractivity contribution is 6.29. The number of hydrogen-bond donors (Lipinski definition) is 0. The van der Waals surface area contributed by atoms with Crippen molar-refractivity contribution in [3.63, 3.8) is 0 Å². The van der Waals surface area contributed by atoms with Gasteiger partial charge in [0.25, 0.3) is 0 Å². The fraction of sp³-hybridized carbons (Fsp3) is 0.500. The van der Waals surface area contributed by atoms with E-state index >= 15 is 0 Å². The molecule has 4 heteroatoms. The molecular formula is C12H14ClN3. The van der Waals surface area contributed by atoms with Gasteiger partial charge < -0.3 is 4.57 Å². The van der Waals surface area contributed by atoms with Gasteiger partial charge in [0, 0.05) is 12.0 Å². The third-order valence-corrected chi connectivity index (χ3v) is 3.20. The number of aromatic nitrogens is 3. The van der Waals surface area contributed by atoms with Gasteiger partial charge >= 0.3 is 0 Å². The van der Waals surface area contributed by atoms with Gasteiger partial charge in [0.05, 0.1) is 0 Å². The molecule has 2 heterocycles. The number of nitrogens with zero attached hydrogens (tertiary/aromatic N) is 3. The molecule has 1 aliphatic carbocycles. The van der Waals surface area contributed by atoms with Crippen molar-refractivity contribution in [1.82, 2.24) is 14.5 Å². The van der Waals surface area contributed by atoms with Gasteiger partial charge in [-0.1, -0.05) is 11.6 Å². The summed E-state index contributed by atoms with van der Waals surface area (Å²) in [7, 11) is 0. The van der Waals surface area contributed by atoms with Gasteiger partial charge in [-0.05, 0) is 38.8 Å². The average molecular weight is 236 g/mol. The first-order valence-electron chi connectivity index (χ1n) is 5.71. The van der Waals surface area contributed by atoms with Gasteiger partial charge in [-0.25, -0.2) is 9.97 Å². The van der Waals surface area contributed by atoms with Crippen molar-refractivity contribution < 1.29 is 0 Å². The summed E-state index contributed by atoms with van der Waals surface area (Å²) in [5.41, 5.74) is 1.88. The molecule has 2 aromatic rings. The molecule has 0 N–H and O–H groups in total. The molecule has 3 nitrogen and oxygen atoms in total. The summed E-state index contributed by atoms with van der Waals surface area (Å²) < 4.78 is 2.22. The van der Waals surface area contributed by atoms with Crippen molar-refractivity contribution in [1.29, 1.82) is 0 Å². The number of pyridine rings is 1. The molecule has 2 aromatic heterocycles. The number of halogens is 1. The summed E-state index contributed by atoms with van der Waals surface area (Å²) in [6, 6.07) is 4.14. The van der Waals surface area contributed by atoms with Gasteiger partial charge in [0.2, 0.25) is 0 Å². The Labute approximate surface area is 99.5 Å². The molecule has 0 saturated heterocycles. The lowest BCUT2D eigenvalue weighted by molar-refractivity contribution is 0.581. The molecule has 0 aliphatic heterocycles. The third kappa shape index (κ3) is 1.50. The number of imidazole rings is 1. The van der Waals surface area contributed by atoms with Crippen LogP contribution in [0.3, 0.4) is 0 Å². The SMILES string of the molecule is CC(C)n1c(C2CC2)nc2ccc(Cl)nc21. The molecule has 0 atom stereocenters. The fourth-order valence-electron chi connectivity index (χ4n) is 2.11. The largest absolute Gasteiger partial charge is 0.310 e. The molecule has 0 aromatic carbocycles. The topological polar surface area (TPSA) is 30.7 Å². The monoisotopic (exact) mass is 235 g/mol. The highest BCUT2D eigenvalue weighted by Gasteiger charge is 2.30. The maximum Gasteiger partial charge on any atom is 0.161 e. The van der Waals surface area contributed by atoms with Gasteiger partial charge in [-0.2, -0.15) is 0 Å². The van der Waals surface area contributed by atoms with Crippen LogP contribution in [0.1, 0.15) is 44.5 Å². The Morgan fingerprint density at radius 1 is 1.31 bits per heavy atom. The number of rotatable bonds is 2. The van der Waals surface area contributed by atoms with Crippen molar-refractivity contribution >= 4 is 22.8 Å². The van der Waals surface area contributed by atoms with E-state index < -0.39 is 0 Å². The molecule has 1 aliphatic rings. The number of fused-ring (bicyclic) bond motifs is 1. The minimum atomic E-state index is 0.381. The molecule has 3 rings (SSSR count). The van der Waals surface area contributed by atoms with Gasteiger partial charge in [-0.3, -0.25) is 0 Å². The minimum Gasteiger partial charge on any atom is -0.310 e. The molecule has 84 valence electrons. The molecule has 0 spiro atoms. The molecule has 0 amide bonds. The van der Waals surface area contributed by atoms with Crippen molar-refractivity contribution in [2.75, 3.05) is 0 Å². The highest BCUT2D eigenvalue weighted by atomic mass is 35.5. The quantitative estimate of drug-likeness (QED) is 0.746. The average Bonchev–Trinajstić information content (AvgIpc) is 2.99. The van der Waals surface area contributed by atoms with Crippen LogP contribution < -0.4 is 0 Å². The first-order valence-corrected chi connectivity index (χ1v) is 6.09. The molecule has 0 radical (unpaired) electrons. The van der Waals surface area contributed by atoms with E-state index in [1.54, 1.807) is 6.07 Å². The zero-order valence-corrected chi connectivity index (χ0v) is 10.2. The van der Waals surface area contributed by atoms with Crippen LogP contribution in [0.2, 0.25) is 5.15 Å². The summed E-state index contributed by atoms with van der Waals surface area (Å²) in [5.74, 6) is 1.81. The second-order valence-electron chi connectivity index (χ2n) is 4.68. The Morgan fingerprint density at radius 3 is 2.69 bits per heavy atom. The van der Waals surface area contributed by atoms with Crippen LogP contribution in [0, 0.1) is 0 Å². The van der Waals surface area contributed by atoms with Crippen LogP contribution in [0.15, 0.2) is 12.1 Å². The minimum absolute atomic E-state index is 0.381. The first kappa shape index (κ1) is 10.1. The van der Waals surface area contributed by atoms with Crippen LogP contribution in [-0.2, 0) is 0 Å². The van der Waals surface area contributed by atoms with Crippen LogP contribution in [0.4, 0.5) is 0 Å². The molecule has 0 unspecified atom stereocenters. The zero-order chi connectivity index (χ0) is 11.3. The van der Waals surface area contributed by atoms with E-state index in [1.165, 1.54) is 18.7 Å². The van der Waals surface area contributed by atoms with E-state index in [0.717, 1.165) is 11.2 Å². The highest BCUT2D eigenvalue weighted by Crippen LogP contribution is 2.41. The van der Waals surface area contributed by atoms with E-state index in [9.17, 15) is 0 Å². The molecule has 0 bridgehead atoms. The lowest BCUT2D eigenvalue weighted by atomic mass is 10.3. The molecule has 1 fully saturated rings. The Hall–Kier alpha value is -1.09. The lowest BCUT2D eigenvalue weighted by Gasteiger charge is -2.11. The van der Waals surface area contributed by atoms with E-state index in [0.29, 0.717) is 17.1 Å². The Balaban J connectivity index is 2.29. The van der Waals surface area contributed by atoms with Gasteiger partial charge in [-0.15, -0.1) is 0 Å². The molecule has 16 heavy (non-hydrogen) atoms. The van der Waals surface area contributed by atoms with Crippen LogP contribution in [-0.4, -0.2) is 14.5 Å². The van der Waals surface area contributed by atoms with E-state index in [2.05, 4.69) is 28.4 Å². The summed E-state index contributed by atoms with van der Waals surface area (Å²) in [6.45, 7) is 4.32. The fourth-order valence-corrected chi connectivity index (χ4v) is 2.25. The maximum absolute atomic E-state index is 5.95. The van der Waals surface area contributed by atoms with Crippen LogP contribution >= 0.6 is 11.6 Å². The Bertz CT molecular complexity index is 540. The first-order chi connectivity index (χ1) is 7.66. The van der Waals surface area contributed by atoms with Gasteiger partial charge in [0.15, 0.2) is 5.65 Å².